The van der Waals surface area contributed by atoms with Crippen molar-refractivity contribution in [1.82, 2.24) is 25.4 Å². The van der Waals surface area contributed by atoms with E-state index in [0.717, 1.165) is 12.2 Å². The SMILES string of the molecule is CC(NCCc1nncn1C)C(=O)NC(C)(C)C. The molecule has 6 heteroatoms. The van der Waals surface area contributed by atoms with Crippen LogP contribution in [0.4, 0.5) is 0 Å². The number of nitrogens with one attached hydrogen (secondary N) is 2. The highest BCUT2D eigenvalue weighted by Crippen LogP contribution is 1.99. The van der Waals surface area contributed by atoms with Crippen LogP contribution in [0.15, 0.2) is 6.33 Å². The average molecular weight is 253 g/mol. The van der Waals surface area contributed by atoms with E-state index < -0.39 is 0 Å². The second-order valence-electron chi connectivity index (χ2n) is 5.52. The Balaban J connectivity index is 2.31. The van der Waals surface area contributed by atoms with E-state index in [-0.39, 0.29) is 17.5 Å². The first-order valence-corrected chi connectivity index (χ1v) is 6.18. The largest absolute Gasteiger partial charge is 0.350 e. The number of nitrogens with zero attached hydrogens (tertiary/aromatic N) is 3. The molecular formula is C12H23N5O. The van der Waals surface area contributed by atoms with Gasteiger partial charge < -0.3 is 15.2 Å². The van der Waals surface area contributed by atoms with Gasteiger partial charge in [0.2, 0.25) is 5.91 Å². The molecule has 1 amide bonds. The van der Waals surface area contributed by atoms with E-state index in [1.807, 2.05) is 39.3 Å². The molecule has 1 aromatic heterocycles. The van der Waals surface area contributed by atoms with Crippen molar-refractivity contribution in [3.8, 4) is 0 Å². The highest BCUT2D eigenvalue weighted by molar-refractivity contribution is 5.81. The standard InChI is InChI=1S/C12H23N5O/c1-9(11(18)15-12(2,3)4)13-7-6-10-16-14-8-17(10)5/h8-9,13H,6-7H2,1-5H3,(H,15,18). The fourth-order valence-corrected chi connectivity index (χ4v) is 1.50. The number of carbonyl (C=O) groups excluding carboxylic acids is 1. The van der Waals surface area contributed by atoms with Gasteiger partial charge in [-0.25, -0.2) is 0 Å². The Morgan fingerprint density at radius 3 is 2.67 bits per heavy atom. The lowest BCUT2D eigenvalue weighted by atomic mass is 10.1. The Bertz CT molecular complexity index is 393. The van der Waals surface area contributed by atoms with E-state index in [1.54, 1.807) is 6.33 Å². The third-order valence-electron chi connectivity index (χ3n) is 2.50. The highest BCUT2D eigenvalue weighted by Gasteiger charge is 2.18. The number of aryl methyl sites for hydroxylation is 1. The zero-order valence-electron chi connectivity index (χ0n) is 11.8. The van der Waals surface area contributed by atoms with Gasteiger partial charge in [0.15, 0.2) is 0 Å². The van der Waals surface area contributed by atoms with Crippen molar-refractivity contribution in [2.75, 3.05) is 6.54 Å². The molecule has 0 saturated heterocycles. The van der Waals surface area contributed by atoms with Gasteiger partial charge in [-0.3, -0.25) is 4.79 Å². The number of hydrogen-bond donors (Lipinski definition) is 2. The second-order valence-corrected chi connectivity index (χ2v) is 5.52. The number of aromatic nitrogens is 3. The number of amides is 1. The first-order valence-electron chi connectivity index (χ1n) is 6.18. The number of carbonyl (C=O) groups is 1. The molecule has 102 valence electrons. The van der Waals surface area contributed by atoms with E-state index in [2.05, 4.69) is 20.8 Å². The van der Waals surface area contributed by atoms with Crippen LogP contribution < -0.4 is 10.6 Å². The van der Waals surface area contributed by atoms with Crippen LogP contribution in [-0.4, -0.2) is 38.8 Å². The summed E-state index contributed by atoms with van der Waals surface area (Å²) in [6.07, 6.45) is 2.43. The Labute approximate surface area is 108 Å². The Hall–Kier alpha value is -1.43. The monoisotopic (exact) mass is 253 g/mol. The molecule has 18 heavy (non-hydrogen) atoms. The molecule has 0 bridgehead atoms. The number of hydrogen-bond acceptors (Lipinski definition) is 4. The van der Waals surface area contributed by atoms with Gasteiger partial charge in [0.1, 0.15) is 12.2 Å². The van der Waals surface area contributed by atoms with Crippen LogP contribution in [0, 0.1) is 0 Å². The summed E-state index contributed by atoms with van der Waals surface area (Å²) in [5, 5.41) is 13.9. The minimum absolute atomic E-state index is 0.0143. The van der Waals surface area contributed by atoms with Crippen LogP contribution in [0.3, 0.4) is 0 Å². The molecule has 0 radical (unpaired) electrons. The summed E-state index contributed by atoms with van der Waals surface area (Å²) in [6.45, 7) is 8.47. The van der Waals surface area contributed by atoms with Crippen molar-refractivity contribution in [3.05, 3.63) is 12.2 Å². The van der Waals surface area contributed by atoms with Gasteiger partial charge >= 0.3 is 0 Å². The maximum atomic E-state index is 11.8. The maximum absolute atomic E-state index is 11.8. The predicted molar refractivity (Wildman–Crippen MR) is 70.1 cm³/mol. The minimum Gasteiger partial charge on any atom is -0.350 e. The fourth-order valence-electron chi connectivity index (χ4n) is 1.50. The van der Waals surface area contributed by atoms with Gasteiger partial charge in [-0.15, -0.1) is 10.2 Å². The van der Waals surface area contributed by atoms with Crippen LogP contribution in [-0.2, 0) is 18.3 Å². The summed E-state index contributed by atoms with van der Waals surface area (Å²) >= 11 is 0. The summed E-state index contributed by atoms with van der Waals surface area (Å²) in [7, 11) is 1.91. The lowest BCUT2D eigenvalue weighted by molar-refractivity contribution is -0.124. The van der Waals surface area contributed by atoms with E-state index in [9.17, 15) is 4.79 Å². The Morgan fingerprint density at radius 2 is 2.17 bits per heavy atom. The van der Waals surface area contributed by atoms with Crippen molar-refractivity contribution in [3.63, 3.8) is 0 Å². The number of rotatable bonds is 5. The van der Waals surface area contributed by atoms with Gasteiger partial charge in [0.25, 0.3) is 0 Å². The van der Waals surface area contributed by atoms with Crippen LogP contribution in [0.5, 0.6) is 0 Å². The zero-order valence-corrected chi connectivity index (χ0v) is 11.8. The summed E-state index contributed by atoms with van der Waals surface area (Å²) in [5.74, 6) is 0.923. The van der Waals surface area contributed by atoms with Crippen molar-refractivity contribution in [2.45, 2.75) is 45.7 Å². The van der Waals surface area contributed by atoms with E-state index in [4.69, 9.17) is 0 Å². The molecule has 1 aromatic rings. The minimum atomic E-state index is -0.211. The van der Waals surface area contributed by atoms with Crippen LogP contribution in [0.2, 0.25) is 0 Å². The topological polar surface area (TPSA) is 71.8 Å². The van der Waals surface area contributed by atoms with E-state index in [0.29, 0.717) is 6.54 Å². The van der Waals surface area contributed by atoms with E-state index >= 15 is 0 Å². The first-order chi connectivity index (χ1) is 8.29. The van der Waals surface area contributed by atoms with Crippen molar-refractivity contribution < 1.29 is 4.79 Å². The van der Waals surface area contributed by atoms with Crippen molar-refractivity contribution in [2.24, 2.45) is 7.05 Å². The second kappa shape index (κ2) is 5.95. The molecule has 6 nitrogen and oxygen atoms in total. The first kappa shape index (κ1) is 14.6. The Morgan fingerprint density at radius 1 is 1.50 bits per heavy atom. The quantitative estimate of drug-likeness (QED) is 0.789. The lowest BCUT2D eigenvalue weighted by Crippen LogP contribution is -2.49. The van der Waals surface area contributed by atoms with Gasteiger partial charge in [0, 0.05) is 25.6 Å². The lowest BCUT2D eigenvalue weighted by Gasteiger charge is -2.23. The molecule has 0 aliphatic rings. The van der Waals surface area contributed by atoms with Crippen molar-refractivity contribution in [1.29, 1.82) is 0 Å². The maximum Gasteiger partial charge on any atom is 0.237 e. The third-order valence-corrected chi connectivity index (χ3v) is 2.50. The Kier molecular flexibility index (Phi) is 4.84. The smallest absolute Gasteiger partial charge is 0.237 e. The molecule has 1 rings (SSSR count). The molecule has 0 fully saturated rings. The normalized spacial score (nSPS) is 13.4. The molecular weight excluding hydrogens is 230 g/mol. The summed E-state index contributed by atoms with van der Waals surface area (Å²) < 4.78 is 1.88. The van der Waals surface area contributed by atoms with Crippen LogP contribution >= 0.6 is 0 Å². The van der Waals surface area contributed by atoms with Gasteiger partial charge in [-0.05, 0) is 27.7 Å². The summed E-state index contributed by atoms with van der Waals surface area (Å²) in [4.78, 5) is 11.8. The molecule has 1 unspecified atom stereocenters. The third kappa shape index (κ3) is 4.83. The van der Waals surface area contributed by atoms with Crippen molar-refractivity contribution >= 4 is 5.91 Å². The molecule has 0 saturated carbocycles. The summed E-state index contributed by atoms with van der Waals surface area (Å²) in [6, 6.07) is -0.211. The molecule has 2 N–H and O–H groups in total. The summed E-state index contributed by atoms with van der Waals surface area (Å²) in [5.41, 5.74) is -0.198. The highest BCUT2D eigenvalue weighted by atomic mass is 16.2. The molecule has 1 atom stereocenters. The fraction of sp³-hybridized carbons (Fsp3) is 0.750. The average Bonchev–Trinajstić information content (AvgIpc) is 2.62. The zero-order chi connectivity index (χ0) is 13.8. The molecule has 0 aromatic carbocycles. The van der Waals surface area contributed by atoms with Crippen LogP contribution in [0.1, 0.15) is 33.5 Å². The van der Waals surface area contributed by atoms with E-state index in [1.165, 1.54) is 0 Å². The molecule has 0 aliphatic heterocycles. The predicted octanol–water partition coefficient (Wildman–Crippen LogP) is 0.250. The molecule has 0 aliphatic carbocycles. The molecule has 1 heterocycles. The van der Waals surface area contributed by atoms with Crippen LogP contribution in [0.25, 0.3) is 0 Å². The van der Waals surface area contributed by atoms with Gasteiger partial charge in [-0.2, -0.15) is 0 Å². The van der Waals surface area contributed by atoms with Gasteiger partial charge in [-0.1, -0.05) is 0 Å². The molecule has 0 spiro atoms. The van der Waals surface area contributed by atoms with Gasteiger partial charge in [0.05, 0.1) is 6.04 Å².